The van der Waals surface area contributed by atoms with Crippen molar-refractivity contribution >= 4 is 40.4 Å². The van der Waals surface area contributed by atoms with E-state index >= 15 is 0 Å². The molecule has 1 saturated heterocycles. The normalized spacial score (nSPS) is 14.8. The van der Waals surface area contributed by atoms with Gasteiger partial charge in [-0.1, -0.05) is 59.8 Å². The van der Waals surface area contributed by atoms with Crippen LogP contribution in [0.25, 0.3) is 17.1 Å². The second kappa shape index (κ2) is 10.3. The Morgan fingerprint density at radius 2 is 1.81 bits per heavy atom. The average molecular weight is 543 g/mol. The Morgan fingerprint density at radius 1 is 1.05 bits per heavy atom. The van der Waals surface area contributed by atoms with Gasteiger partial charge in [-0.15, -0.1) is 23.4 Å². The van der Waals surface area contributed by atoms with Crippen molar-refractivity contribution in [1.82, 2.24) is 14.8 Å². The van der Waals surface area contributed by atoms with Crippen LogP contribution in [0.2, 0.25) is 5.02 Å². The van der Waals surface area contributed by atoms with E-state index in [1.165, 1.54) is 35.3 Å². The second-order valence-electron chi connectivity index (χ2n) is 7.91. The molecule has 1 fully saturated rings. The summed E-state index contributed by atoms with van der Waals surface area (Å²) in [5, 5.41) is 14.4. The minimum atomic E-state index is -4.74. The number of thioether (sulfide) groups is 1. The standard InChI is InChI=1S/C25H18ClF3N6OS/c1-16-3-2-4-21(26)22(16)34-15-37-24(34)32-31-13-17-5-7-18(8-6-17)23-30-14-35(33-23)19-9-11-20(12-10-19)36-25(27,28)29/h2-14H,15H2,1H3/b31-13+,32-24-. The van der Waals surface area contributed by atoms with Crippen LogP contribution in [0.3, 0.4) is 0 Å². The molecule has 0 unspecified atom stereocenters. The predicted octanol–water partition coefficient (Wildman–Crippen LogP) is 6.70. The predicted molar refractivity (Wildman–Crippen MR) is 140 cm³/mol. The molecule has 0 saturated carbocycles. The number of nitrogens with zero attached hydrogens (tertiary/aromatic N) is 6. The molecule has 0 N–H and O–H groups in total. The van der Waals surface area contributed by atoms with E-state index in [0.717, 1.165) is 33.4 Å². The lowest BCUT2D eigenvalue weighted by molar-refractivity contribution is -0.274. The first-order valence-electron chi connectivity index (χ1n) is 10.9. The number of amidine groups is 1. The van der Waals surface area contributed by atoms with Crippen LogP contribution >= 0.6 is 23.4 Å². The summed E-state index contributed by atoms with van der Waals surface area (Å²) in [6.45, 7) is 2.01. The summed E-state index contributed by atoms with van der Waals surface area (Å²) in [5.74, 6) is 0.927. The number of ether oxygens (including phenoxy) is 1. The molecule has 2 heterocycles. The maximum absolute atomic E-state index is 12.3. The first kappa shape index (κ1) is 24.8. The van der Waals surface area contributed by atoms with E-state index in [1.807, 2.05) is 54.3 Å². The van der Waals surface area contributed by atoms with E-state index in [0.29, 0.717) is 16.5 Å². The minimum absolute atomic E-state index is 0.304. The fourth-order valence-corrected chi connectivity index (χ4v) is 4.60. The summed E-state index contributed by atoms with van der Waals surface area (Å²) >= 11 is 7.95. The molecule has 5 rings (SSSR count). The first-order chi connectivity index (χ1) is 17.8. The highest BCUT2D eigenvalue weighted by Gasteiger charge is 2.31. The maximum Gasteiger partial charge on any atom is 0.573 e. The molecule has 3 aromatic carbocycles. The Kier molecular flexibility index (Phi) is 6.90. The third-order valence-electron chi connectivity index (χ3n) is 5.36. The molecule has 1 aliphatic rings. The van der Waals surface area contributed by atoms with Gasteiger partial charge in [0.15, 0.2) is 11.0 Å². The molecule has 0 aliphatic carbocycles. The minimum Gasteiger partial charge on any atom is -0.406 e. The highest BCUT2D eigenvalue weighted by molar-refractivity contribution is 8.16. The number of rotatable bonds is 6. The summed E-state index contributed by atoms with van der Waals surface area (Å²) in [6.07, 6.45) is -1.59. The summed E-state index contributed by atoms with van der Waals surface area (Å²) in [4.78, 5) is 6.33. The number of halogens is 4. The van der Waals surface area contributed by atoms with Gasteiger partial charge in [-0.05, 0) is 48.4 Å². The van der Waals surface area contributed by atoms with Crippen molar-refractivity contribution in [2.75, 3.05) is 10.8 Å². The summed E-state index contributed by atoms with van der Waals surface area (Å²) < 4.78 is 42.4. The quantitative estimate of drug-likeness (QED) is 0.200. The number of aromatic nitrogens is 3. The Balaban J connectivity index is 1.24. The fourth-order valence-electron chi connectivity index (χ4n) is 3.58. The fraction of sp³-hybridized carbons (Fsp3) is 0.120. The highest BCUT2D eigenvalue weighted by atomic mass is 35.5. The summed E-state index contributed by atoms with van der Waals surface area (Å²) in [7, 11) is 0. The van der Waals surface area contributed by atoms with E-state index in [9.17, 15) is 13.2 Å². The van der Waals surface area contributed by atoms with Crippen molar-refractivity contribution < 1.29 is 17.9 Å². The number of anilines is 1. The molecule has 0 spiro atoms. The van der Waals surface area contributed by atoms with E-state index in [-0.39, 0.29) is 5.75 Å². The molecule has 0 amide bonds. The molecule has 188 valence electrons. The van der Waals surface area contributed by atoms with Crippen LogP contribution in [0.1, 0.15) is 11.1 Å². The monoisotopic (exact) mass is 542 g/mol. The number of hydrogen-bond donors (Lipinski definition) is 0. The van der Waals surface area contributed by atoms with Crippen LogP contribution in [0.5, 0.6) is 5.75 Å². The zero-order chi connectivity index (χ0) is 26.0. The van der Waals surface area contributed by atoms with E-state index in [2.05, 4.69) is 25.0 Å². The third-order valence-corrected chi connectivity index (χ3v) is 6.61. The number of aryl methyl sites for hydroxylation is 1. The van der Waals surface area contributed by atoms with Gasteiger partial charge in [-0.25, -0.2) is 9.67 Å². The lowest BCUT2D eigenvalue weighted by Gasteiger charge is -2.34. The average Bonchev–Trinajstić information content (AvgIpc) is 3.33. The molecule has 0 radical (unpaired) electrons. The molecular weight excluding hydrogens is 525 g/mol. The molecular formula is C25H18ClF3N6OS. The summed E-state index contributed by atoms with van der Waals surface area (Å²) in [5.41, 5.74) is 4.18. The van der Waals surface area contributed by atoms with Gasteiger partial charge in [-0.2, -0.15) is 5.10 Å². The van der Waals surface area contributed by atoms with E-state index < -0.39 is 6.36 Å². The Hall–Kier alpha value is -3.83. The third kappa shape index (κ3) is 5.78. The van der Waals surface area contributed by atoms with Crippen LogP contribution in [0.4, 0.5) is 18.9 Å². The molecule has 12 heteroatoms. The number of benzene rings is 3. The van der Waals surface area contributed by atoms with Gasteiger partial charge in [0.25, 0.3) is 0 Å². The van der Waals surface area contributed by atoms with Crippen molar-refractivity contribution in [3.05, 3.63) is 89.2 Å². The van der Waals surface area contributed by atoms with Crippen molar-refractivity contribution in [2.45, 2.75) is 13.3 Å². The zero-order valence-corrected chi connectivity index (χ0v) is 20.8. The lowest BCUT2D eigenvalue weighted by Crippen LogP contribution is -2.39. The Labute approximate surface area is 219 Å². The van der Waals surface area contributed by atoms with Crippen molar-refractivity contribution in [3.63, 3.8) is 0 Å². The van der Waals surface area contributed by atoms with Crippen molar-refractivity contribution in [2.24, 2.45) is 10.2 Å². The highest BCUT2D eigenvalue weighted by Crippen LogP contribution is 2.37. The lowest BCUT2D eigenvalue weighted by atomic mass is 10.1. The van der Waals surface area contributed by atoms with Crippen LogP contribution in [0.15, 0.2) is 83.3 Å². The topological polar surface area (TPSA) is 67.9 Å². The smallest absolute Gasteiger partial charge is 0.406 e. The Bertz CT molecular complexity index is 1450. The maximum atomic E-state index is 12.3. The van der Waals surface area contributed by atoms with Gasteiger partial charge in [0.2, 0.25) is 0 Å². The SMILES string of the molecule is Cc1cccc(Cl)c1N1CS/C1=N\N=C\c1ccc(-c2ncn(-c3ccc(OC(F)(F)F)cc3)n2)cc1. The van der Waals surface area contributed by atoms with Gasteiger partial charge in [0.05, 0.1) is 28.5 Å². The molecule has 4 aromatic rings. The number of para-hydroxylation sites is 1. The van der Waals surface area contributed by atoms with Gasteiger partial charge in [-0.3, -0.25) is 0 Å². The first-order valence-corrected chi connectivity index (χ1v) is 12.3. The van der Waals surface area contributed by atoms with Crippen LogP contribution in [-0.2, 0) is 0 Å². The van der Waals surface area contributed by atoms with Gasteiger partial charge >= 0.3 is 6.36 Å². The molecule has 37 heavy (non-hydrogen) atoms. The number of hydrogen-bond acceptors (Lipinski definition) is 6. The largest absolute Gasteiger partial charge is 0.573 e. The van der Waals surface area contributed by atoms with Crippen LogP contribution in [-0.4, -0.2) is 38.4 Å². The molecule has 1 aliphatic heterocycles. The molecule has 1 aromatic heterocycles. The van der Waals surface area contributed by atoms with Crippen LogP contribution < -0.4 is 9.64 Å². The van der Waals surface area contributed by atoms with Gasteiger partial charge in [0.1, 0.15) is 12.1 Å². The van der Waals surface area contributed by atoms with E-state index in [4.69, 9.17) is 11.6 Å². The summed E-state index contributed by atoms with van der Waals surface area (Å²) in [6, 6.07) is 18.6. The molecule has 7 nitrogen and oxygen atoms in total. The van der Waals surface area contributed by atoms with Gasteiger partial charge in [0, 0.05) is 5.56 Å². The molecule has 0 atom stereocenters. The molecule has 0 bridgehead atoms. The zero-order valence-electron chi connectivity index (χ0n) is 19.2. The second-order valence-corrected chi connectivity index (χ2v) is 9.23. The van der Waals surface area contributed by atoms with Crippen molar-refractivity contribution in [1.29, 1.82) is 0 Å². The van der Waals surface area contributed by atoms with Crippen LogP contribution in [0, 0.1) is 6.92 Å². The van der Waals surface area contributed by atoms with Gasteiger partial charge < -0.3 is 9.64 Å². The van der Waals surface area contributed by atoms with Crippen molar-refractivity contribution in [3.8, 4) is 22.8 Å². The Morgan fingerprint density at radius 3 is 2.46 bits per heavy atom. The van der Waals surface area contributed by atoms with E-state index in [1.54, 1.807) is 18.0 Å². The number of alkyl halides is 3.